The Balaban J connectivity index is 2.55. The predicted molar refractivity (Wildman–Crippen MR) is 75.8 cm³/mol. The Labute approximate surface area is 115 Å². The minimum absolute atomic E-state index is 0.518. The number of benzene rings is 2. The van der Waals surface area contributed by atoms with Gasteiger partial charge in [0.25, 0.3) is 0 Å². The van der Waals surface area contributed by atoms with Crippen LogP contribution in [0.25, 0.3) is 5.57 Å². The van der Waals surface area contributed by atoms with Crippen LogP contribution in [0.4, 0.5) is 0 Å². The molecular formula is C14H9Cl3. The van der Waals surface area contributed by atoms with Crippen LogP contribution in [-0.4, -0.2) is 0 Å². The van der Waals surface area contributed by atoms with Crippen LogP contribution in [0.1, 0.15) is 11.1 Å². The first-order chi connectivity index (χ1) is 8.24. The van der Waals surface area contributed by atoms with Crippen molar-refractivity contribution in [1.29, 1.82) is 0 Å². The van der Waals surface area contributed by atoms with E-state index in [4.69, 9.17) is 34.8 Å². The number of rotatable bonds is 2. The Hall–Kier alpha value is -0.950. The summed E-state index contributed by atoms with van der Waals surface area (Å²) >= 11 is 18.1. The molecule has 0 fully saturated rings. The Bertz CT molecular complexity index is 545. The van der Waals surface area contributed by atoms with Crippen molar-refractivity contribution in [3.05, 3.63) is 75.2 Å². The fourth-order valence-electron chi connectivity index (χ4n) is 1.61. The van der Waals surface area contributed by atoms with Gasteiger partial charge in [-0.25, -0.2) is 0 Å². The highest BCUT2D eigenvalue weighted by Gasteiger charge is 2.10. The molecule has 17 heavy (non-hydrogen) atoms. The van der Waals surface area contributed by atoms with Crippen molar-refractivity contribution in [3.8, 4) is 0 Å². The molecule has 0 N–H and O–H groups in total. The zero-order valence-corrected chi connectivity index (χ0v) is 11.1. The monoisotopic (exact) mass is 282 g/mol. The topological polar surface area (TPSA) is 0 Å². The molecule has 0 heterocycles. The van der Waals surface area contributed by atoms with E-state index in [-0.39, 0.29) is 0 Å². The molecule has 0 spiro atoms. The number of halogens is 3. The second kappa shape index (κ2) is 5.59. The maximum Gasteiger partial charge on any atom is 0.0671 e. The predicted octanol–water partition coefficient (Wildman–Crippen LogP) is 5.62. The second-order valence-corrected chi connectivity index (χ2v) is 4.49. The van der Waals surface area contributed by atoms with Crippen molar-refractivity contribution in [2.24, 2.45) is 0 Å². The Morgan fingerprint density at radius 1 is 0.882 bits per heavy atom. The molecule has 2 aromatic rings. The highest BCUT2D eigenvalue weighted by Crippen LogP contribution is 2.34. The minimum Gasteiger partial charge on any atom is -0.0923 e. The zero-order chi connectivity index (χ0) is 12.3. The normalized spacial score (nSPS) is 11.6. The van der Waals surface area contributed by atoms with Crippen LogP contribution in [0.15, 0.2) is 54.1 Å². The molecular weight excluding hydrogens is 275 g/mol. The molecule has 0 bridgehead atoms. The minimum atomic E-state index is 0.518. The van der Waals surface area contributed by atoms with Gasteiger partial charge in [-0.2, -0.15) is 0 Å². The zero-order valence-electron chi connectivity index (χ0n) is 8.83. The molecule has 0 aliphatic heterocycles. The fraction of sp³-hybridized carbons (Fsp3) is 0. The molecule has 0 amide bonds. The van der Waals surface area contributed by atoms with E-state index in [1.165, 1.54) is 5.54 Å². The maximum absolute atomic E-state index is 6.19. The number of hydrogen-bond acceptors (Lipinski definition) is 0. The van der Waals surface area contributed by atoms with Gasteiger partial charge >= 0.3 is 0 Å². The molecule has 0 saturated carbocycles. The third kappa shape index (κ3) is 2.66. The first-order valence-electron chi connectivity index (χ1n) is 5.04. The van der Waals surface area contributed by atoms with E-state index in [1.54, 1.807) is 6.07 Å². The van der Waals surface area contributed by atoms with Crippen molar-refractivity contribution in [2.45, 2.75) is 0 Å². The quantitative estimate of drug-likeness (QED) is 0.671. The van der Waals surface area contributed by atoms with Gasteiger partial charge in [0.1, 0.15) is 0 Å². The van der Waals surface area contributed by atoms with Gasteiger partial charge in [0.2, 0.25) is 0 Å². The number of hydrogen-bond donors (Lipinski definition) is 0. The summed E-state index contributed by atoms with van der Waals surface area (Å²) in [7, 11) is 0. The van der Waals surface area contributed by atoms with Crippen LogP contribution in [0.3, 0.4) is 0 Å². The Kier molecular flexibility index (Phi) is 4.11. The van der Waals surface area contributed by atoms with Gasteiger partial charge in [0, 0.05) is 16.7 Å². The second-order valence-electron chi connectivity index (χ2n) is 3.49. The van der Waals surface area contributed by atoms with E-state index in [0.29, 0.717) is 10.0 Å². The van der Waals surface area contributed by atoms with Crippen molar-refractivity contribution < 1.29 is 0 Å². The fourth-order valence-corrected chi connectivity index (χ4v) is 2.25. The van der Waals surface area contributed by atoms with Gasteiger partial charge in [-0.05, 0) is 11.6 Å². The molecule has 0 saturated heterocycles. The average molecular weight is 284 g/mol. The summed E-state index contributed by atoms with van der Waals surface area (Å²) in [6.45, 7) is 0. The lowest BCUT2D eigenvalue weighted by molar-refractivity contribution is 1.55. The molecule has 0 atom stereocenters. The van der Waals surface area contributed by atoms with Gasteiger partial charge in [0.05, 0.1) is 10.0 Å². The maximum atomic E-state index is 6.19. The summed E-state index contributed by atoms with van der Waals surface area (Å²) in [5, 5.41) is 1.04. The van der Waals surface area contributed by atoms with Gasteiger partial charge in [-0.15, -0.1) is 0 Å². The summed E-state index contributed by atoms with van der Waals surface area (Å²) in [4.78, 5) is 0. The smallest absolute Gasteiger partial charge is 0.0671 e. The molecule has 0 radical (unpaired) electrons. The van der Waals surface area contributed by atoms with Crippen molar-refractivity contribution in [2.75, 3.05) is 0 Å². The molecule has 0 unspecified atom stereocenters. The van der Waals surface area contributed by atoms with Crippen LogP contribution in [0, 0.1) is 0 Å². The SMILES string of the molecule is Cl/C=C(/c1ccccc1)c1cccc(Cl)c1Cl. The van der Waals surface area contributed by atoms with E-state index < -0.39 is 0 Å². The van der Waals surface area contributed by atoms with Crippen LogP contribution in [0.2, 0.25) is 10.0 Å². The molecule has 0 nitrogen and oxygen atoms in total. The van der Waals surface area contributed by atoms with Crippen LogP contribution in [0.5, 0.6) is 0 Å². The summed E-state index contributed by atoms with van der Waals surface area (Å²) in [6.07, 6.45) is 0. The summed E-state index contributed by atoms with van der Waals surface area (Å²) in [5.41, 5.74) is 4.22. The lowest BCUT2D eigenvalue weighted by Gasteiger charge is -2.09. The van der Waals surface area contributed by atoms with E-state index in [0.717, 1.165) is 16.7 Å². The van der Waals surface area contributed by atoms with E-state index in [1.807, 2.05) is 42.5 Å². The summed E-state index contributed by atoms with van der Waals surface area (Å²) in [6, 6.07) is 15.3. The highest BCUT2D eigenvalue weighted by atomic mass is 35.5. The Morgan fingerprint density at radius 2 is 1.59 bits per heavy atom. The van der Waals surface area contributed by atoms with Crippen LogP contribution in [-0.2, 0) is 0 Å². The first kappa shape index (κ1) is 12.5. The van der Waals surface area contributed by atoms with Crippen molar-refractivity contribution >= 4 is 40.4 Å². The molecule has 0 aromatic heterocycles. The van der Waals surface area contributed by atoms with Gasteiger partial charge in [-0.1, -0.05) is 77.3 Å². The Morgan fingerprint density at radius 3 is 2.24 bits per heavy atom. The third-order valence-electron chi connectivity index (χ3n) is 2.44. The standard InChI is InChI=1S/C14H9Cl3/c15-9-12(10-5-2-1-3-6-10)11-7-4-8-13(16)14(11)17/h1-9H/b12-9-. The largest absolute Gasteiger partial charge is 0.0923 e. The first-order valence-corrected chi connectivity index (χ1v) is 6.23. The molecule has 0 aliphatic carbocycles. The summed E-state index contributed by atoms with van der Waals surface area (Å²) < 4.78 is 0. The molecule has 0 aliphatic rings. The molecule has 2 rings (SSSR count). The lowest BCUT2D eigenvalue weighted by atomic mass is 10.00. The lowest BCUT2D eigenvalue weighted by Crippen LogP contribution is -1.88. The van der Waals surface area contributed by atoms with Crippen molar-refractivity contribution in [1.82, 2.24) is 0 Å². The molecule has 86 valence electrons. The third-order valence-corrected chi connectivity index (χ3v) is 3.47. The summed E-state index contributed by atoms with van der Waals surface area (Å²) in [5.74, 6) is 0. The highest BCUT2D eigenvalue weighted by molar-refractivity contribution is 6.43. The average Bonchev–Trinajstić information content (AvgIpc) is 2.37. The van der Waals surface area contributed by atoms with Gasteiger partial charge in [-0.3, -0.25) is 0 Å². The van der Waals surface area contributed by atoms with Gasteiger partial charge in [0.15, 0.2) is 0 Å². The molecule has 3 heteroatoms. The van der Waals surface area contributed by atoms with E-state index >= 15 is 0 Å². The van der Waals surface area contributed by atoms with E-state index in [9.17, 15) is 0 Å². The van der Waals surface area contributed by atoms with Crippen LogP contribution >= 0.6 is 34.8 Å². The van der Waals surface area contributed by atoms with Crippen molar-refractivity contribution in [3.63, 3.8) is 0 Å². The van der Waals surface area contributed by atoms with E-state index in [2.05, 4.69) is 0 Å². The van der Waals surface area contributed by atoms with Crippen LogP contribution < -0.4 is 0 Å². The van der Waals surface area contributed by atoms with Gasteiger partial charge < -0.3 is 0 Å². The molecule has 2 aromatic carbocycles.